The maximum absolute atomic E-state index is 10.6. The molecule has 2 atom stereocenters. The standard InChI is InChI=1S/C10H19NO3/c1-2-3-6-11-7-8-4-5-9(14-8)10(12)13/h8-9,11H,2-7H2,1H3,(H,12,13). The molecule has 14 heavy (non-hydrogen) atoms. The highest BCUT2D eigenvalue weighted by Crippen LogP contribution is 2.18. The van der Waals surface area contributed by atoms with E-state index >= 15 is 0 Å². The van der Waals surface area contributed by atoms with Gasteiger partial charge in [-0.05, 0) is 25.8 Å². The Bertz CT molecular complexity index is 184. The van der Waals surface area contributed by atoms with Crippen LogP contribution in [-0.4, -0.2) is 36.4 Å². The lowest BCUT2D eigenvalue weighted by molar-refractivity contribution is -0.149. The maximum Gasteiger partial charge on any atom is 0.332 e. The van der Waals surface area contributed by atoms with Crippen LogP contribution in [0.3, 0.4) is 0 Å². The molecule has 0 radical (unpaired) electrons. The summed E-state index contributed by atoms with van der Waals surface area (Å²) in [6, 6.07) is 0. The largest absolute Gasteiger partial charge is 0.479 e. The molecule has 1 saturated heterocycles. The van der Waals surface area contributed by atoms with E-state index in [-0.39, 0.29) is 6.10 Å². The van der Waals surface area contributed by atoms with E-state index < -0.39 is 12.1 Å². The van der Waals surface area contributed by atoms with Crippen molar-refractivity contribution in [3.05, 3.63) is 0 Å². The molecule has 0 amide bonds. The van der Waals surface area contributed by atoms with Crippen LogP contribution >= 0.6 is 0 Å². The molecule has 1 aliphatic heterocycles. The molecule has 0 aliphatic carbocycles. The quantitative estimate of drug-likeness (QED) is 0.630. The zero-order chi connectivity index (χ0) is 10.4. The summed E-state index contributed by atoms with van der Waals surface area (Å²) in [4.78, 5) is 10.6. The minimum atomic E-state index is -0.832. The van der Waals surface area contributed by atoms with Crippen LogP contribution in [0.4, 0.5) is 0 Å². The fourth-order valence-electron chi connectivity index (χ4n) is 1.60. The molecule has 0 aromatic carbocycles. The SMILES string of the molecule is CCCCNCC1CCC(C(=O)O)O1. The van der Waals surface area contributed by atoms with Gasteiger partial charge in [-0.2, -0.15) is 0 Å². The highest BCUT2D eigenvalue weighted by atomic mass is 16.5. The molecule has 4 nitrogen and oxygen atoms in total. The molecular formula is C10H19NO3. The second kappa shape index (κ2) is 5.98. The molecule has 82 valence electrons. The highest BCUT2D eigenvalue weighted by Gasteiger charge is 2.29. The van der Waals surface area contributed by atoms with Gasteiger partial charge in [-0.25, -0.2) is 4.79 Å². The zero-order valence-electron chi connectivity index (χ0n) is 8.66. The smallest absolute Gasteiger partial charge is 0.332 e. The van der Waals surface area contributed by atoms with Gasteiger partial charge in [-0.1, -0.05) is 13.3 Å². The number of carboxylic acid groups (broad SMARTS) is 1. The summed E-state index contributed by atoms with van der Waals surface area (Å²) >= 11 is 0. The summed E-state index contributed by atoms with van der Waals surface area (Å²) in [7, 11) is 0. The fourth-order valence-corrected chi connectivity index (χ4v) is 1.60. The molecular weight excluding hydrogens is 182 g/mol. The van der Waals surface area contributed by atoms with Gasteiger partial charge >= 0.3 is 5.97 Å². The first-order chi connectivity index (χ1) is 6.74. The summed E-state index contributed by atoms with van der Waals surface area (Å²) in [5.74, 6) is -0.832. The molecule has 0 aromatic rings. The van der Waals surface area contributed by atoms with Crippen molar-refractivity contribution in [1.29, 1.82) is 0 Å². The van der Waals surface area contributed by atoms with E-state index in [1.165, 1.54) is 6.42 Å². The summed E-state index contributed by atoms with van der Waals surface area (Å²) < 4.78 is 5.34. The lowest BCUT2D eigenvalue weighted by Crippen LogP contribution is -2.29. The van der Waals surface area contributed by atoms with Crippen LogP contribution in [0.25, 0.3) is 0 Å². The molecule has 2 N–H and O–H groups in total. The Kier molecular flexibility index (Phi) is 4.90. The molecule has 1 heterocycles. The van der Waals surface area contributed by atoms with E-state index in [0.29, 0.717) is 6.42 Å². The van der Waals surface area contributed by atoms with E-state index in [1.54, 1.807) is 0 Å². The van der Waals surface area contributed by atoms with Gasteiger partial charge < -0.3 is 15.2 Å². The predicted molar refractivity (Wildman–Crippen MR) is 53.3 cm³/mol. The number of carboxylic acids is 1. The molecule has 0 bridgehead atoms. The van der Waals surface area contributed by atoms with Crippen molar-refractivity contribution in [2.45, 2.75) is 44.8 Å². The van der Waals surface area contributed by atoms with Crippen molar-refractivity contribution in [3.63, 3.8) is 0 Å². The normalized spacial score (nSPS) is 26.6. The summed E-state index contributed by atoms with van der Waals surface area (Å²) in [5, 5.41) is 12.0. The van der Waals surface area contributed by atoms with E-state index in [9.17, 15) is 4.79 Å². The highest BCUT2D eigenvalue weighted by molar-refractivity contribution is 5.72. The second-order valence-corrected chi connectivity index (χ2v) is 3.72. The van der Waals surface area contributed by atoms with Gasteiger partial charge in [0.2, 0.25) is 0 Å². The van der Waals surface area contributed by atoms with Gasteiger partial charge in [0, 0.05) is 6.54 Å². The fraction of sp³-hybridized carbons (Fsp3) is 0.900. The molecule has 1 rings (SSSR count). The monoisotopic (exact) mass is 201 g/mol. The van der Waals surface area contributed by atoms with Gasteiger partial charge in [-0.15, -0.1) is 0 Å². The Hall–Kier alpha value is -0.610. The average Bonchev–Trinajstić information content (AvgIpc) is 2.61. The number of aliphatic carboxylic acids is 1. The first-order valence-corrected chi connectivity index (χ1v) is 5.33. The number of hydrogen-bond donors (Lipinski definition) is 2. The van der Waals surface area contributed by atoms with Crippen molar-refractivity contribution < 1.29 is 14.6 Å². The van der Waals surface area contributed by atoms with Crippen molar-refractivity contribution >= 4 is 5.97 Å². The third-order valence-corrected chi connectivity index (χ3v) is 2.46. The summed E-state index contributed by atoms with van der Waals surface area (Å²) in [6.45, 7) is 3.92. The van der Waals surface area contributed by atoms with Crippen LogP contribution < -0.4 is 5.32 Å². The summed E-state index contributed by atoms with van der Waals surface area (Å²) in [5.41, 5.74) is 0. The van der Waals surface area contributed by atoms with Gasteiger partial charge in [0.25, 0.3) is 0 Å². The number of ether oxygens (including phenoxy) is 1. The van der Waals surface area contributed by atoms with E-state index in [2.05, 4.69) is 12.2 Å². The number of nitrogens with one attached hydrogen (secondary N) is 1. The Labute approximate surface area is 84.6 Å². The van der Waals surface area contributed by atoms with Crippen molar-refractivity contribution in [2.24, 2.45) is 0 Å². The molecule has 0 saturated carbocycles. The topological polar surface area (TPSA) is 58.6 Å². The number of rotatable bonds is 6. The maximum atomic E-state index is 10.6. The minimum absolute atomic E-state index is 0.0907. The summed E-state index contributed by atoms with van der Waals surface area (Å²) in [6.07, 6.45) is 3.36. The Morgan fingerprint density at radius 2 is 2.36 bits per heavy atom. The van der Waals surface area contributed by atoms with E-state index in [1.807, 2.05) is 0 Å². The Balaban J connectivity index is 2.07. The van der Waals surface area contributed by atoms with E-state index in [4.69, 9.17) is 9.84 Å². The molecule has 0 spiro atoms. The van der Waals surface area contributed by atoms with E-state index in [0.717, 1.165) is 25.9 Å². The van der Waals surface area contributed by atoms with Crippen LogP contribution in [0.1, 0.15) is 32.6 Å². The van der Waals surface area contributed by atoms with Crippen molar-refractivity contribution in [1.82, 2.24) is 5.32 Å². The van der Waals surface area contributed by atoms with Gasteiger partial charge in [0.1, 0.15) is 0 Å². The molecule has 2 unspecified atom stereocenters. The van der Waals surface area contributed by atoms with Crippen LogP contribution in [0.5, 0.6) is 0 Å². The van der Waals surface area contributed by atoms with Crippen LogP contribution in [0, 0.1) is 0 Å². The lowest BCUT2D eigenvalue weighted by Gasteiger charge is -2.11. The Morgan fingerprint density at radius 1 is 1.57 bits per heavy atom. The first-order valence-electron chi connectivity index (χ1n) is 5.33. The van der Waals surface area contributed by atoms with Gasteiger partial charge in [-0.3, -0.25) is 0 Å². The zero-order valence-corrected chi connectivity index (χ0v) is 8.66. The van der Waals surface area contributed by atoms with Crippen LogP contribution in [-0.2, 0) is 9.53 Å². The number of hydrogen-bond acceptors (Lipinski definition) is 3. The minimum Gasteiger partial charge on any atom is -0.479 e. The predicted octanol–water partition coefficient (Wildman–Crippen LogP) is 1.01. The molecule has 1 fully saturated rings. The second-order valence-electron chi connectivity index (χ2n) is 3.72. The average molecular weight is 201 g/mol. The number of carbonyl (C=O) groups is 1. The molecule has 4 heteroatoms. The van der Waals surface area contributed by atoms with Gasteiger partial charge in [0.05, 0.1) is 6.10 Å². The lowest BCUT2D eigenvalue weighted by atomic mass is 10.2. The molecule has 1 aliphatic rings. The Morgan fingerprint density at radius 3 is 2.93 bits per heavy atom. The first kappa shape index (κ1) is 11.5. The van der Waals surface area contributed by atoms with Crippen LogP contribution in [0.2, 0.25) is 0 Å². The van der Waals surface area contributed by atoms with Gasteiger partial charge in [0.15, 0.2) is 6.10 Å². The molecule has 0 aromatic heterocycles. The number of unbranched alkanes of at least 4 members (excludes halogenated alkanes) is 1. The third kappa shape index (κ3) is 3.64. The third-order valence-electron chi connectivity index (χ3n) is 2.46. The van der Waals surface area contributed by atoms with Crippen molar-refractivity contribution in [3.8, 4) is 0 Å². The van der Waals surface area contributed by atoms with Crippen molar-refractivity contribution in [2.75, 3.05) is 13.1 Å². The van der Waals surface area contributed by atoms with Crippen LogP contribution in [0.15, 0.2) is 0 Å².